The van der Waals surface area contributed by atoms with Gasteiger partial charge in [-0.1, -0.05) is 31.9 Å². The minimum absolute atomic E-state index is 0.00282. The lowest BCUT2D eigenvalue weighted by Crippen LogP contribution is -1.81. The smallest absolute Gasteiger partial charge is 0.132 e. The van der Waals surface area contributed by atoms with Crippen LogP contribution >= 0.6 is 0 Å². The molecule has 108 valence electrons. The van der Waals surface area contributed by atoms with E-state index in [2.05, 4.69) is 48.4 Å². The van der Waals surface area contributed by atoms with Gasteiger partial charge in [0.1, 0.15) is 11.5 Å². The van der Waals surface area contributed by atoms with Crippen LogP contribution in [0.2, 0.25) is 0 Å². The summed E-state index contributed by atoms with van der Waals surface area (Å²) in [7, 11) is 0. The van der Waals surface area contributed by atoms with Crippen LogP contribution in [0.3, 0.4) is 0 Å². The Balaban J connectivity index is 2.90. The van der Waals surface area contributed by atoms with E-state index in [4.69, 9.17) is 6.42 Å². The number of unbranched alkanes of at least 4 members (excludes halogenated alkanes) is 2. The van der Waals surface area contributed by atoms with Crippen LogP contribution in [-0.4, -0.2) is 10.2 Å². The topological polar surface area (TPSA) is 40.5 Å². The highest BCUT2D eigenvalue weighted by molar-refractivity contribution is 5.64. The van der Waals surface area contributed by atoms with Crippen molar-refractivity contribution in [2.45, 2.75) is 26.2 Å². The van der Waals surface area contributed by atoms with Gasteiger partial charge < -0.3 is 10.2 Å². The molecule has 0 fully saturated rings. The lowest BCUT2D eigenvalue weighted by atomic mass is 10.1. The fourth-order valence-corrected chi connectivity index (χ4v) is 1.59. The number of allylic oxidation sites excluding steroid dienone is 1. The van der Waals surface area contributed by atoms with Gasteiger partial charge in [0.15, 0.2) is 0 Å². The maximum Gasteiger partial charge on any atom is 0.132 e. The first-order valence-corrected chi connectivity index (χ1v) is 6.88. The van der Waals surface area contributed by atoms with E-state index in [0.29, 0.717) is 11.1 Å². The fraction of sp³-hybridized carbons (Fsp3) is 0.200. The van der Waals surface area contributed by atoms with E-state index in [1.807, 2.05) is 6.08 Å². The Morgan fingerprint density at radius 3 is 2.50 bits per heavy atom. The number of benzene rings is 1. The molecule has 0 aromatic heterocycles. The summed E-state index contributed by atoms with van der Waals surface area (Å²) in [6, 6.07) is 2.89. The summed E-state index contributed by atoms with van der Waals surface area (Å²) >= 11 is 0. The Bertz CT molecular complexity index is 773. The van der Waals surface area contributed by atoms with Gasteiger partial charge >= 0.3 is 0 Å². The highest BCUT2D eigenvalue weighted by atomic mass is 16.3. The zero-order chi connectivity index (χ0) is 16.2. The van der Waals surface area contributed by atoms with Gasteiger partial charge in [-0.05, 0) is 60.0 Å². The molecule has 2 N–H and O–H groups in total. The predicted molar refractivity (Wildman–Crippen MR) is 89.6 cm³/mol. The third-order valence-corrected chi connectivity index (χ3v) is 2.69. The third-order valence-electron chi connectivity index (χ3n) is 2.69. The maximum absolute atomic E-state index is 9.93. The van der Waals surface area contributed by atoms with Crippen molar-refractivity contribution in [2.24, 2.45) is 0 Å². The van der Waals surface area contributed by atoms with Crippen molar-refractivity contribution in [3.05, 3.63) is 29.3 Å². The molecule has 1 aromatic rings. The molecule has 0 aliphatic carbocycles. The van der Waals surface area contributed by atoms with E-state index in [1.165, 1.54) is 12.1 Å². The van der Waals surface area contributed by atoms with Crippen molar-refractivity contribution in [2.75, 3.05) is 0 Å². The SMILES string of the molecule is C#CC#CC#CC#Cc1cc(O)c(C=CCCCC)cc1O. The Labute approximate surface area is 131 Å². The summed E-state index contributed by atoms with van der Waals surface area (Å²) in [6.45, 7) is 2.12. The van der Waals surface area contributed by atoms with Gasteiger partial charge in [-0.25, -0.2) is 0 Å². The number of hydrogen-bond acceptors (Lipinski definition) is 2. The Kier molecular flexibility index (Phi) is 7.40. The first-order chi connectivity index (χ1) is 10.7. The third kappa shape index (κ3) is 5.84. The molecule has 0 heterocycles. The van der Waals surface area contributed by atoms with Crippen LogP contribution in [-0.2, 0) is 0 Å². The molecule has 0 radical (unpaired) electrons. The molecular formula is C20H16O2. The molecular weight excluding hydrogens is 272 g/mol. The van der Waals surface area contributed by atoms with Gasteiger partial charge in [0.25, 0.3) is 0 Å². The molecule has 0 saturated heterocycles. The molecule has 0 spiro atoms. The van der Waals surface area contributed by atoms with Crippen molar-refractivity contribution in [1.82, 2.24) is 0 Å². The van der Waals surface area contributed by atoms with Crippen LogP contribution in [0.4, 0.5) is 0 Å². The molecule has 0 atom stereocenters. The lowest BCUT2D eigenvalue weighted by Gasteiger charge is -2.03. The quantitative estimate of drug-likeness (QED) is 0.507. The molecule has 0 bridgehead atoms. The molecule has 0 saturated carbocycles. The molecule has 1 rings (SSSR count). The summed E-state index contributed by atoms with van der Waals surface area (Å²) in [4.78, 5) is 0. The van der Waals surface area contributed by atoms with Crippen LogP contribution < -0.4 is 0 Å². The van der Waals surface area contributed by atoms with Crippen molar-refractivity contribution >= 4 is 6.08 Å². The van der Waals surface area contributed by atoms with Crippen molar-refractivity contribution in [3.8, 4) is 59.4 Å². The number of phenolic OH excluding ortho intramolecular Hbond substituents is 2. The fourth-order valence-electron chi connectivity index (χ4n) is 1.59. The number of aromatic hydroxyl groups is 2. The van der Waals surface area contributed by atoms with Gasteiger partial charge in [-0.3, -0.25) is 0 Å². The first-order valence-electron chi connectivity index (χ1n) is 6.88. The molecule has 0 amide bonds. The molecule has 0 aliphatic heterocycles. The number of rotatable bonds is 4. The summed E-state index contributed by atoms with van der Waals surface area (Å²) in [5, 5.41) is 19.8. The Hall–Kier alpha value is -3.20. The normalized spacial score (nSPS) is 8.73. The van der Waals surface area contributed by atoms with Crippen LogP contribution in [0.5, 0.6) is 11.5 Å². The predicted octanol–water partition coefficient (Wildman–Crippen LogP) is 3.29. The Morgan fingerprint density at radius 2 is 1.77 bits per heavy atom. The second-order valence-electron chi connectivity index (χ2n) is 4.37. The number of phenols is 2. The van der Waals surface area contributed by atoms with Crippen LogP contribution in [0.15, 0.2) is 18.2 Å². The van der Waals surface area contributed by atoms with Crippen molar-refractivity contribution in [3.63, 3.8) is 0 Å². The summed E-state index contributed by atoms with van der Waals surface area (Å²) in [5.41, 5.74) is 0.868. The van der Waals surface area contributed by atoms with E-state index in [9.17, 15) is 10.2 Å². The van der Waals surface area contributed by atoms with Gasteiger partial charge in [-0.15, -0.1) is 6.42 Å². The van der Waals surface area contributed by atoms with Crippen LogP contribution in [0.25, 0.3) is 6.08 Å². The summed E-state index contributed by atoms with van der Waals surface area (Å²) < 4.78 is 0. The minimum Gasteiger partial charge on any atom is -0.507 e. The summed E-state index contributed by atoms with van der Waals surface area (Å²) in [6.07, 6.45) is 11.8. The maximum atomic E-state index is 9.93. The average Bonchev–Trinajstić information content (AvgIpc) is 2.51. The second-order valence-corrected chi connectivity index (χ2v) is 4.37. The van der Waals surface area contributed by atoms with E-state index >= 15 is 0 Å². The zero-order valence-corrected chi connectivity index (χ0v) is 12.4. The average molecular weight is 288 g/mol. The highest BCUT2D eigenvalue weighted by Crippen LogP contribution is 2.27. The van der Waals surface area contributed by atoms with Gasteiger partial charge in [-0.2, -0.15) is 0 Å². The number of hydrogen-bond donors (Lipinski definition) is 2. The van der Waals surface area contributed by atoms with Crippen LogP contribution in [0.1, 0.15) is 37.3 Å². The van der Waals surface area contributed by atoms with Crippen molar-refractivity contribution < 1.29 is 10.2 Å². The van der Waals surface area contributed by atoms with E-state index in [-0.39, 0.29) is 11.5 Å². The molecule has 2 nitrogen and oxygen atoms in total. The zero-order valence-electron chi connectivity index (χ0n) is 12.4. The monoisotopic (exact) mass is 288 g/mol. The minimum atomic E-state index is -0.00282. The Morgan fingerprint density at radius 1 is 1.05 bits per heavy atom. The standard InChI is InChI=1S/C20H16O2/c1-3-5-7-9-10-12-14-18-16-19(21)17(15-20(18)22)13-11-8-6-4-2/h1,11,13,15-16,21-22H,4,6,8H2,2H3. The summed E-state index contributed by atoms with van der Waals surface area (Å²) in [5.74, 6) is 17.1. The van der Waals surface area contributed by atoms with E-state index < -0.39 is 0 Å². The largest absolute Gasteiger partial charge is 0.507 e. The molecule has 22 heavy (non-hydrogen) atoms. The highest BCUT2D eigenvalue weighted by Gasteiger charge is 2.04. The van der Waals surface area contributed by atoms with E-state index in [0.717, 1.165) is 19.3 Å². The van der Waals surface area contributed by atoms with Gasteiger partial charge in [0, 0.05) is 5.56 Å². The van der Waals surface area contributed by atoms with Gasteiger partial charge in [0.2, 0.25) is 0 Å². The molecule has 1 aromatic carbocycles. The van der Waals surface area contributed by atoms with E-state index in [1.54, 1.807) is 6.08 Å². The first kappa shape index (κ1) is 16.9. The van der Waals surface area contributed by atoms with Gasteiger partial charge in [0.05, 0.1) is 5.56 Å². The molecule has 2 heteroatoms. The molecule has 0 unspecified atom stereocenters. The lowest BCUT2D eigenvalue weighted by molar-refractivity contribution is 0.458. The van der Waals surface area contributed by atoms with Crippen molar-refractivity contribution in [1.29, 1.82) is 0 Å². The second kappa shape index (κ2) is 9.66. The molecule has 0 aliphatic rings. The van der Waals surface area contributed by atoms with Crippen LogP contribution in [0, 0.1) is 47.9 Å². The number of terminal acetylenes is 1.